The van der Waals surface area contributed by atoms with Crippen molar-refractivity contribution in [2.24, 2.45) is 0 Å². The number of rotatable bonds is 4. The maximum atomic E-state index is 13.0. The van der Waals surface area contributed by atoms with Crippen LogP contribution in [0.1, 0.15) is 39.5 Å². The molecule has 140 valence electrons. The highest BCUT2D eigenvalue weighted by Crippen LogP contribution is 2.30. The molecule has 0 spiro atoms. The topological polar surface area (TPSA) is 66.5 Å². The number of nitrogens with one attached hydrogen (secondary N) is 1. The third-order valence-electron chi connectivity index (χ3n) is 5.14. The third-order valence-corrected chi connectivity index (χ3v) is 5.39. The summed E-state index contributed by atoms with van der Waals surface area (Å²) in [7, 11) is 0. The largest absolute Gasteiger partial charge is 0.325 e. The van der Waals surface area contributed by atoms with Crippen LogP contribution in [0.5, 0.6) is 0 Å². The Hall–Kier alpha value is -2.66. The lowest BCUT2D eigenvalue weighted by Gasteiger charge is -2.22. The van der Waals surface area contributed by atoms with Crippen molar-refractivity contribution in [3.8, 4) is 0 Å². The molecule has 0 unspecified atom stereocenters. The third kappa shape index (κ3) is 3.35. The van der Waals surface area contributed by atoms with Crippen LogP contribution in [0.15, 0.2) is 36.4 Å². The lowest BCUT2D eigenvalue weighted by atomic mass is 9.92. The summed E-state index contributed by atoms with van der Waals surface area (Å²) >= 11 is 5.91. The Labute approximate surface area is 163 Å². The van der Waals surface area contributed by atoms with E-state index in [1.807, 2.05) is 32.9 Å². The van der Waals surface area contributed by atoms with Crippen LogP contribution in [0.3, 0.4) is 0 Å². The first kappa shape index (κ1) is 19.1. The van der Waals surface area contributed by atoms with Gasteiger partial charge in [-0.1, -0.05) is 29.8 Å². The van der Waals surface area contributed by atoms with Crippen molar-refractivity contribution in [2.45, 2.75) is 33.2 Å². The van der Waals surface area contributed by atoms with E-state index < -0.39 is 17.5 Å². The second-order valence-electron chi connectivity index (χ2n) is 7.13. The summed E-state index contributed by atoms with van der Waals surface area (Å²) in [4.78, 5) is 39.1. The maximum absolute atomic E-state index is 13.0. The number of halogens is 1. The Morgan fingerprint density at radius 2 is 1.63 bits per heavy atom. The molecule has 3 rings (SSSR count). The lowest BCUT2D eigenvalue weighted by molar-refractivity contribution is -0.130. The quantitative estimate of drug-likeness (QED) is 0.641. The normalized spacial score (nSPS) is 19.4. The average molecular weight is 385 g/mol. The molecule has 0 bridgehead atoms. The summed E-state index contributed by atoms with van der Waals surface area (Å²) < 4.78 is 0. The van der Waals surface area contributed by atoms with Gasteiger partial charge in [-0.3, -0.25) is 14.5 Å². The number of carbonyl (C=O) groups is 3. The molecule has 1 saturated heterocycles. The molecule has 3 amide bonds. The zero-order valence-electron chi connectivity index (χ0n) is 15.7. The maximum Gasteiger partial charge on any atom is 0.325 e. The van der Waals surface area contributed by atoms with Crippen molar-refractivity contribution in [3.63, 3.8) is 0 Å². The molecule has 1 aliphatic heterocycles. The van der Waals surface area contributed by atoms with E-state index in [0.29, 0.717) is 16.1 Å². The molecule has 27 heavy (non-hydrogen) atoms. The van der Waals surface area contributed by atoms with Gasteiger partial charge in [-0.25, -0.2) is 4.79 Å². The monoisotopic (exact) mass is 384 g/mol. The first-order valence-corrected chi connectivity index (χ1v) is 9.02. The summed E-state index contributed by atoms with van der Waals surface area (Å²) in [6, 6.07) is 9.88. The van der Waals surface area contributed by atoms with Gasteiger partial charge in [-0.2, -0.15) is 0 Å². The number of hydrogen-bond acceptors (Lipinski definition) is 3. The van der Waals surface area contributed by atoms with Crippen LogP contribution in [0.25, 0.3) is 0 Å². The summed E-state index contributed by atoms with van der Waals surface area (Å²) in [6.45, 7) is 7.09. The highest BCUT2D eigenvalue weighted by Gasteiger charge is 2.49. The number of benzene rings is 2. The van der Waals surface area contributed by atoms with E-state index in [0.717, 1.165) is 21.6 Å². The van der Waals surface area contributed by atoms with E-state index >= 15 is 0 Å². The van der Waals surface area contributed by atoms with E-state index in [2.05, 4.69) is 5.32 Å². The zero-order valence-corrected chi connectivity index (χ0v) is 16.5. The van der Waals surface area contributed by atoms with E-state index in [1.165, 1.54) is 0 Å². The number of hydrogen-bond donors (Lipinski definition) is 1. The molecule has 1 heterocycles. The number of Topliss-reactive ketones (excluding diaryl/α,β-unsaturated/α-hetero) is 1. The minimum atomic E-state index is -1.22. The van der Waals surface area contributed by atoms with Crippen molar-refractivity contribution < 1.29 is 14.4 Å². The van der Waals surface area contributed by atoms with Crippen LogP contribution < -0.4 is 5.32 Å². The van der Waals surface area contributed by atoms with Crippen LogP contribution in [0, 0.1) is 20.8 Å². The van der Waals surface area contributed by atoms with Gasteiger partial charge in [0.1, 0.15) is 5.54 Å². The minimum Gasteiger partial charge on any atom is -0.319 e. The standard InChI is InChI=1S/C21H21ClN2O3/c1-12-9-14(3)17(10-13(12)2)18(25)11-24-19(26)21(4,23-20(24)27)15-5-7-16(22)8-6-15/h5-10H,11H2,1-4H3,(H,23,27)/t21-/m0/s1. The number of aryl methyl sites for hydroxylation is 3. The summed E-state index contributed by atoms with van der Waals surface area (Å²) in [6.07, 6.45) is 0. The molecule has 1 aliphatic rings. The van der Waals surface area contributed by atoms with Crippen LogP contribution in [-0.2, 0) is 10.3 Å². The van der Waals surface area contributed by atoms with Gasteiger partial charge in [-0.15, -0.1) is 0 Å². The van der Waals surface area contributed by atoms with Crippen LogP contribution in [0.4, 0.5) is 4.79 Å². The minimum absolute atomic E-state index is 0.264. The van der Waals surface area contributed by atoms with Crippen molar-refractivity contribution >= 4 is 29.3 Å². The molecule has 0 saturated carbocycles. The van der Waals surface area contributed by atoms with Crippen LogP contribution >= 0.6 is 11.6 Å². The van der Waals surface area contributed by atoms with Crippen molar-refractivity contribution in [2.75, 3.05) is 6.54 Å². The number of ketones is 1. The fourth-order valence-corrected chi connectivity index (χ4v) is 3.44. The Morgan fingerprint density at radius 3 is 2.26 bits per heavy atom. The molecule has 2 aromatic carbocycles. The fourth-order valence-electron chi connectivity index (χ4n) is 3.31. The Balaban J connectivity index is 1.87. The molecule has 1 fully saturated rings. The zero-order chi connectivity index (χ0) is 19.9. The Bertz CT molecular complexity index is 953. The van der Waals surface area contributed by atoms with Crippen molar-refractivity contribution in [1.29, 1.82) is 0 Å². The number of urea groups is 1. The van der Waals surface area contributed by atoms with Crippen molar-refractivity contribution in [1.82, 2.24) is 10.2 Å². The van der Waals surface area contributed by atoms with E-state index in [9.17, 15) is 14.4 Å². The van der Waals surface area contributed by atoms with Crippen LogP contribution in [-0.4, -0.2) is 29.2 Å². The number of amides is 3. The fraction of sp³-hybridized carbons (Fsp3) is 0.286. The second-order valence-corrected chi connectivity index (χ2v) is 7.56. The number of imide groups is 1. The first-order valence-electron chi connectivity index (χ1n) is 8.64. The smallest absolute Gasteiger partial charge is 0.319 e. The number of nitrogens with zero attached hydrogens (tertiary/aromatic N) is 1. The molecule has 0 radical (unpaired) electrons. The molecule has 1 atom stereocenters. The van der Waals surface area contributed by atoms with Gasteiger partial charge in [0.05, 0.1) is 6.54 Å². The van der Waals surface area contributed by atoms with Gasteiger partial charge in [0, 0.05) is 10.6 Å². The van der Waals surface area contributed by atoms with Gasteiger partial charge in [0.2, 0.25) is 0 Å². The molecule has 2 aromatic rings. The average Bonchev–Trinajstić information content (AvgIpc) is 2.82. The van der Waals surface area contributed by atoms with Gasteiger partial charge >= 0.3 is 6.03 Å². The van der Waals surface area contributed by atoms with E-state index in [4.69, 9.17) is 11.6 Å². The predicted molar refractivity (Wildman–Crippen MR) is 104 cm³/mol. The predicted octanol–water partition coefficient (Wildman–Crippen LogP) is 3.92. The molecule has 1 N–H and O–H groups in total. The van der Waals surface area contributed by atoms with Crippen LogP contribution in [0.2, 0.25) is 5.02 Å². The van der Waals surface area contributed by atoms with Crippen molar-refractivity contribution in [3.05, 3.63) is 69.2 Å². The summed E-state index contributed by atoms with van der Waals surface area (Å²) in [5, 5.41) is 3.24. The summed E-state index contributed by atoms with van der Waals surface area (Å²) in [5.41, 5.74) is 2.83. The Morgan fingerprint density at radius 1 is 1.04 bits per heavy atom. The van der Waals surface area contributed by atoms with Gasteiger partial charge in [-0.05, 0) is 68.1 Å². The van der Waals surface area contributed by atoms with Gasteiger partial charge < -0.3 is 5.32 Å². The number of carbonyl (C=O) groups excluding carboxylic acids is 3. The SMILES string of the molecule is Cc1cc(C)c(C(=O)CN2C(=O)N[C@@](C)(c3ccc(Cl)cc3)C2=O)cc1C. The van der Waals surface area contributed by atoms with E-state index in [-0.39, 0.29) is 12.3 Å². The molecule has 6 heteroatoms. The molecular weight excluding hydrogens is 364 g/mol. The van der Waals surface area contributed by atoms with E-state index in [1.54, 1.807) is 31.2 Å². The molecular formula is C21H21ClN2O3. The second kappa shape index (κ2) is 6.82. The summed E-state index contributed by atoms with van der Waals surface area (Å²) in [5.74, 6) is -0.718. The Kier molecular flexibility index (Phi) is 4.82. The highest BCUT2D eigenvalue weighted by molar-refractivity contribution is 6.30. The van der Waals surface area contributed by atoms with Gasteiger partial charge in [0.15, 0.2) is 5.78 Å². The van der Waals surface area contributed by atoms with Gasteiger partial charge in [0.25, 0.3) is 5.91 Å². The lowest BCUT2D eigenvalue weighted by Crippen LogP contribution is -2.41. The molecule has 0 aromatic heterocycles. The molecule has 5 nitrogen and oxygen atoms in total. The first-order chi connectivity index (χ1) is 12.6. The molecule has 0 aliphatic carbocycles. The highest BCUT2D eigenvalue weighted by atomic mass is 35.5.